The SMILES string of the molecule is Cc1cc2c(NC(=O)NCc3ccc(C(F)(F)F)cc3)c(F)cc(F)c2cn1. The van der Waals surface area contributed by atoms with Gasteiger partial charge < -0.3 is 10.6 Å². The van der Waals surface area contributed by atoms with Crippen molar-refractivity contribution >= 4 is 22.5 Å². The Morgan fingerprint density at radius 2 is 1.71 bits per heavy atom. The highest BCUT2D eigenvalue weighted by molar-refractivity contribution is 6.01. The number of anilines is 1. The average molecular weight is 395 g/mol. The number of halogens is 5. The van der Waals surface area contributed by atoms with Crippen molar-refractivity contribution in [2.24, 2.45) is 0 Å². The Kier molecular flexibility index (Phi) is 5.17. The van der Waals surface area contributed by atoms with Crippen molar-refractivity contribution in [2.45, 2.75) is 19.6 Å². The van der Waals surface area contributed by atoms with E-state index < -0.39 is 29.4 Å². The maximum atomic E-state index is 14.2. The number of alkyl halides is 3. The van der Waals surface area contributed by atoms with Crippen LogP contribution in [0, 0.1) is 18.6 Å². The van der Waals surface area contributed by atoms with Gasteiger partial charge in [0, 0.05) is 35.3 Å². The van der Waals surface area contributed by atoms with Crippen LogP contribution in [0.25, 0.3) is 10.8 Å². The second-order valence-corrected chi connectivity index (χ2v) is 6.09. The molecule has 2 N–H and O–H groups in total. The lowest BCUT2D eigenvalue weighted by atomic mass is 10.1. The van der Waals surface area contributed by atoms with E-state index in [1.807, 2.05) is 0 Å². The van der Waals surface area contributed by atoms with E-state index in [-0.39, 0.29) is 23.0 Å². The van der Waals surface area contributed by atoms with Crippen molar-refractivity contribution in [1.82, 2.24) is 10.3 Å². The molecule has 2 aromatic carbocycles. The normalized spacial score (nSPS) is 11.5. The largest absolute Gasteiger partial charge is 0.416 e. The van der Waals surface area contributed by atoms with Crippen molar-refractivity contribution in [1.29, 1.82) is 0 Å². The molecular formula is C19H14F5N3O. The zero-order valence-corrected chi connectivity index (χ0v) is 14.5. The Labute approximate surface area is 156 Å². The Bertz CT molecular complexity index is 1030. The molecule has 146 valence electrons. The van der Waals surface area contributed by atoms with Crippen LogP contribution < -0.4 is 10.6 Å². The van der Waals surface area contributed by atoms with Crippen LogP contribution in [0.5, 0.6) is 0 Å². The van der Waals surface area contributed by atoms with Crippen LogP contribution in [0.3, 0.4) is 0 Å². The average Bonchev–Trinajstić information content (AvgIpc) is 2.63. The molecule has 1 aromatic heterocycles. The number of nitrogens with one attached hydrogen (secondary N) is 2. The number of amides is 2. The fourth-order valence-electron chi connectivity index (χ4n) is 2.63. The number of hydrogen-bond acceptors (Lipinski definition) is 2. The number of carbonyl (C=O) groups excluding carboxylic acids is 1. The molecule has 9 heteroatoms. The third-order valence-electron chi connectivity index (χ3n) is 4.03. The highest BCUT2D eigenvalue weighted by atomic mass is 19.4. The minimum atomic E-state index is -4.45. The standard InChI is InChI=1S/C19H14F5N3O/c1-10-6-13-14(9-25-10)15(20)7-16(21)17(13)27-18(28)26-8-11-2-4-12(5-3-11)19(22,23)24/h2-7,9H,8H2,1H3,(H2,26,27,28). The number of urea groups is 1. The predicted octanol–water partition coefficient (Wildman–Crippen LogP) is 5.16. The fraction of sp³-hybridized carbons (Fsp3) is 0.158. The summed E-state index contributed by atoms with van der Waals surface area (Å²) in [5.41, 5.74) is -0.0882. The van der Waals surface area contributed by atoms with Crippen LogP contribution in [-0.4, -0.2) is 11.0 Å². The molecule has 3 rings (SSSR count). The molecule has 28 heavy (non-hydrogen) atoms. The lowest BCUT2D eigenvalue weighted by molar-refractivity contribution is -0.137. The number of carbonyl (C=O) groups is 1. The summed E-state index contributed by atoms with van der Waals surface area (Å²) < 4.78 is 65.7. The third kappa shape index (κ3) is 4.19. The Hall–Kier alpha value is -3.23. The molecule has 0 aliphatic heterocycles. The van der Waals surface area contributed by atoms with E-state index in [0.717, 1.165) is 12.1 Å². The predicted molar refractivity (Wildman–Crippen MR) is 93.7 cm³/mol. The molecule has 0 aliphatic carbocycles. The summed E-state index contributed by atoms with van der Waals surface area (Å²) in [6, 6.07) is 5.55. The topological polar surface area (TPSA) is 54.0 Å². The first-order chi connectivity index (χ1) is 13.1. The number of rotatable bonds is 3. The molecular weight excluding hydrogens is 381 g/mol. The maximum Gasteiger partial charge on any atom is 0.416 e. The van der Waals surface area contributed by atoms with Gasteiger partial charge in [0.2, 0.25) is 0 Å². The second-order valence-electron chi connectivity index (χ2n) is 6.09. The molecule has 0 atom stereocenters. The van der Waals surface area contributed by atoms with Crippen molar-refractivity contribution < 1.29 is 26.7 Å². The van der Waals surface area contributed by atoms with Gasteiger partial charge in [-0.25, -0.2) is 13.6 Å². The van der Waals surface area contributed by atoms with Gasteiger partial charge in [-0.2, -0.15) is 13.2 Å². The molecule has 1 heterocycles. The fourth-order valence-corrected chi connectivity index (χ4v) is 2.63. The van der Waals surface area contributed by atoms with E-state index in [1.165, 1.54) is 24.4 Å². The van der Waals surface area contributed by atoms with Gasteiger partial charge in [-0.15, -0.1) is 0 Å². The maximum absolute atomic E-state index is 14.2. The minimum absolute atomic E-state index is 0.0463. The number of fused-ring (bicyclic) bond motifs is 1. The van der Waals surface area contributed by atoms with Crippen LogP contribution in [0.4, 0.5) is 32.4 Å². The van der Waals surface area contributed by atoms with E-state index in [0.29, 0.717) is 17.3 Å². The first-order valence-corrected chi connectivity index (χ1v) is 8.10. The first kappa shape index (κ1) is 19.5. The van der Waals surface area contributed by atoms with Gasteiger partial charge in [0.25, 0.3) is 0 Å². The number of pyridine rings is 1. The summed E-state index contributed by atoms with van der Waals surface area (Å²) in [6.45, 7) is 1.56. The Morgan fingerprint density at radius 1 is 1.04 bits per heavy atom. The molecule has 0 aliphatic rings. The zero-order valence-electron chi connectivity index (χ0n) is 14.5. The third-order valence-corrected chi connectivity index (χ3v) is 4.03. The first-order valence-electron chi connectivity index (χ1n) is 8.10. The molecule has 0 saturated carbocycles. The van der Waals surface area contributed by atoms with Gasteiger partial charge in [0.05, 0.1) is 11.3 Å². The molecule has 2 amide bonds. The molecule has 0 unspecified atom stereocenters. The van der Waals surface area contributed by atoms with Gasteiger partial charge in [0.15, 0.2) is 0 Å². The highest BCUT2D eigenvalue weighted by Gasteiger charge is 2.29. The van der Waals surface area contributed by atoms with Crippen LogP contribution in [0.2, 0.25) is 0 Å². The van der Waals surface area contributed by atoms with E-state index in [9.17, 15) is 26.7 Å². The quantitative estimate of drug-likeness (QED) is 0.602. The molecule has 0 fully saturated rings. The van der Waals surface area contributed by atoms with Crippen LogP contribution in [-0.2, 0) is 12.7 Å². The Balaban J connectivity index is 1.74. The van der Waals surface area contributed by atoms with E-state index in [1.54, 1.807) is 6.92 Å². The number of benzene rings is 2. The molecule has 0 spiro atoms. The van der Waals surface area contributed by atoms with Crippen LogP contribution >= 0.6 is 0 Å². The number of aromatic nitrogens is 1. The monoisotopic (exact) mass is 395 g/mol. The summed E-state index contributed by atoms with van der Waals surface area (Å²) >= 11 is 0. The van der Waals surface area contributed by atoms with Gasteiger partial charge in [0.1, 0.15) is 11.6 Å². The second kappa shape index (κ2) is 7.41. The van der Waals surface area contributed by atoms with Crippen molar-refractivity contribution in [2.75, 3.05) is 5.32 Å². The summed E-state index contributed by atoms with van der Waals surface area (Å²) in [5.74, 6) is -1.77. The van der Waals surface area contributed by atoms with Crippen LogP contribution in [0.15, 0.2) is 42.6 Å². The van der Waals surface area contributed by atoms with Crippen LogP contribution in [0.1, 0.15) is 16.8 Å². The van der Waals surface area contributed by atoms with Gasteiger partial charge in [-0.3, -0.25) is 4.98 Å². The van der Waals surface area contributed by atoms with E-state index >= 15 is 0 Å². The summed E-state index contributed by atoms with van der Waals surface area (Å²) in [7, 11) is 0. The highest BCUT2D eigenvalue weighted by Crippen LogP contribution is 2.30. The minimum Gasteiger partial charge on any atom is -0.334 e. The van der Waals surface area contributed by atoms with Crippen molar-refractivity contribution in [3.05, 3.63) is 71.1 Å². The van der Waals surface area contributed by atoms with Gasteiger partial charge >= 0.3 is 12.2 Å². The van der Waals surface area contributed by atoms with Gasteiger partial charge in [-0.1, -0.05) is 12.1 Å². The molecule has 3 aromatic rings. The van der Waals surface area contributed by atoms with Crippen molar-refractivity contribution in [3.8, 4) is 0 Å². The van der Waals surface area contributed by atoms with E-state index in [4.69, 9.17) is 0 Å². The zero-order chi connectivity index (χ0) is 20.5. The summed E-state index contributed by atoms with van der Waals surface area (Å²) in [6.07, 6.45) is -3.21. The lowest BCUT2D eigenvalue weighted by Gasteiger charge is -2.13. The molecule has 0 saturated heterocycles. The number of nitrogens with zero attached hydrogens (tertiary/aromatic N) is 1. The molecule has 0 bridgehead atoms. The van der Waals surface area contributed by atoms with E-state index in [2.05, 4.69) is 15.6 Å². The summed E-state index contributed by atoms with van der Waals surface area (Å²) in [5, 5.41) is 4.93. The molecule has 0 radical (unpaired) electrons. The van der Waals surface area contributed by atoms with Crippen molar-refractivity contribution in [3.63, 3.8) is 0 Å². The van der Waals surface area contributed by atoms with Gasteiger partial charge in [-0.05, 0) is 30.7 Å². The smallest absolute Gasteiger partial charge is 0.334 e. The number of aryl methyl sites for hydroxylation is 1. The summed E-state index contributed by atoms with van der Waals surface area (Å²) in [4.78, 5) is 16.0. The molecule has 4 nitrogen and oxygen atoms in total. The Morgan fingerprint density at radius 3 is 2.36 bits per heavy atom. The number of hydrogen-bond donors (Lipinski definition) is 2. The lowest BCUT2D eigenvalue weighted by Crippen LogP contribution is -2.28.